The van der Waals surface area contributed by atoms with E-state index in [9.17, 15) is 4.79 Å². The fourth-order valence-corrected chi connectivity index (χ4v) is 4.05. The number of nitrogens with zero attached hydrogens (tertiary/aromatic N) is 5. The van der Waals surface area contributed by atoms with Crippen LogP contribution in [-0.4, -0.2) is 41.8 Å². The van der Waals surface area contributed by atoms with Crippen molar-refractivity contribution in [1.82, 2.24) is 29.2 Å². The SMILES string of the molecule is O=C(Nc1nc(-c2ccccc2)ns1)N1CCc2[nH]cnc2[C@H]1c1ccccn1. The number of aromatic nitrogens is 5. The Morgan fingerprint density at radius 1 is 1.14 bits per heavy atom. The van der Waals surface area contributed by atoms with Crippen molar-refractivity contribution >= 4 is 22.7 Å². The first-order valence-electron chi connectivity index (χ1n) is 9.19. The van der Waals surface area contributed by atoms with Crippen molar-refractivity contribution in [3.63, 3.8) is 0 Å². The maximum atomic E-state index is 13.1. The minimum Gasteiger partial charge on any atom is -0.348 e. The summed E-state index contributed by atoms with van der Waals surface area (Å²) in [5, 5.41) is 3.35. The summed E-state index contributed by atoms with van der Waals surface area (Å²) in [6.07, 6.45) is 4.10. The Morgan fingerprint density at radius 3 is 2.83 bits per heavy atom. The van der Waals surface area contributed by atoms with Crippen LogP contribution in [0.3, 0.4) is 0 Å². The molecule has 0 saturated heterocycles. The summed E-state index contributed by atoms with van der Waals surface area (Å²) >= 11 is 1.16. The first-order valence-corrected chi connectivity index (χ1v) is 9.97. The van der Waals surface area contributed by atoms with Gasteiger partial charge < -0.3 is 9.88 Å². The number of carbonyl (C=O) groups is 1. The van der Waals surface area contributed by atoms with E-state index in [1.165, 1.54) is 0 Å². The van der Waals surface area contributed by atoms with Crippen LogP contribution < -0.4 is 5.32 Å². The van der Waals surface area contributed by atoms with Crippen molar-refractivity contribution in [2.75, 3.05) is 11.9 Å². The molecule has 0 aliphatic carbocycles. The van der Waals surface area contributed by atoms with Gasteiger partial charge in [0.2, 0.25) is 5.13 Å². The Kier molecular flexibility index (Phi) is 4.49. The van der Waals surface area contributed by atoms with Crippen molar-refractivity contribution in [1.29, 1.82) is 0 Å². The molecular weight excluding hydrogens is 386 g/mol. The van der Waals surface area contributed by atoms with E-state index in [0.717, 1.165) is 34.2 Å². The smallest absolute Gasteiger partial charge is 0.324 e. The molecule has 0 saturated carbocycles. The molecule has 1 aliphatic rings. The molecule has 0 bridgehead atoms. The number of hydrogen-bond donors (Lipinski definition) is 2. The molecule has 0 fully saturated rings. The highest BCUT2D eigenvalue weighted by atomic mass is 32.1. The maximum Gasteiger partial charge on any atom is 0.324 e. The Balaban J connectivity index is 1.41. The summed E-state index contributed by atoms with van der Waals surface area (Å²) in [6, 6.07) is 14.8. The highest BCUT2D eigenvalue weighted by molar-refractivity contribution is 7.10. The van der Waals surface area contributed by atoms with Gasteiger partial charge in [0.15, 0.2) is 5.82 Å². The molecule has 29 heavy (non-hydrogen) atoms. The van der Waals surface area contributed by atoms with E-state index in [2.05, 4.69) is 29.6 Å². The summed E-state index contributed by atoms with van der Waals surface area (Å²) in [6.45, 7) is 0.548. The predicted octanol–water partition coefficient (Wildman–Crippen LogP) is 3.50. The normalized spacial score (nSPS) is 15.7. The number of anilines is 1. The second-order valence-corrected chi connectivity index (χ2v) is 7.34. The standard InChI is InChI=1S/C20H17N7OS/c28-20(25-19-24-18(26-29-19)13-6-2-1-3-7-13)27-11-9-14-16(23-12-22-14)17(27)15-8-4-5-10-21-15/h1-8,10,12,17H,9,11H2,(H,22,23)(H,24,25,26,28)/t17-/m1/s1. The zero-order chi connectivity index (χ0) is 19.6. The molecule has 5 rings (SSSR count). The first-order chi connectivity index (χ1) is 14.3. The molecular formula is C20H17N7OS. The lowest BCUT2D eigenvalue weighted by Crippen LogP contribution is -2.43. The van der Waals surface area contributed by atoms with E-state index < -0.39 is 0 Å². The van der Waals surface area contributed by atoms with Crippen LogP contribution in [0.4, 0.5) is 9.93 Å². The summed E-state index contributed by atoms with van der Waals surface area (Å²) in [7, 11) is 0. The summed E-state index contributed by atoms with van der Waals surface area (Å²) in [5.74, 6) is 0.598. The first kappa shape index (κ1) is 17.5. The highest BCUT2D eigenvalue weighted by Gasteiger charge is 2.35. The van der Waals surface area contributed by atoms with Crippen molar-refractivity contribution in [3.05, 3.63) is 78.1 Å². The van der Waals surface area contributed by atoms with Crippen molar-refractivity contribution in [2.45, 2.75) is 12.5 Å². The third kappa shape index (κ3) is 3.36. The number of amides is 2. The lowest BCUT2D eigenvalue weighted by molar-refractivity contribution is 0.191. The van der Waals surface area contributed by atoms with Crippen LogP contribution in [0.15, 0.2) is 61.1 Å². The number of imidazole rings is 1. The average molecular weight is 403 g/mol. The van der Waals surface area contributed by atoms with Crippen molar-refractivity contribution < 1.29 is 4.79 Å². The minimum absolute atomic E-state index is 0.245. The van der Waals surface area contributed by atoms with E-state index in [0.29, 0.717) is 23.9 Å². The molecule has 8 nitrogen and oxygen atoms in total. The number of urea groups is 1. The lowest BCUT2D eigenvalue weighted by atomic mass is 10.00. The van der Waals surface area contributed by atoms with E-state index in [1.54, 1.807) is 17.4 Å². The van der Waals surface area contributed by atoms with Gasteiger partial charge in [-0.2, -0.15) is 9.36 Å². The van der Waals surface area contributed by atoms with Gasteiger partial charge in [-0.25, -0.2) is 9.78 Å². The van der Waals surface area contributed by atoms with Gasteiger partial charge in [-0.3, -0.25) is 10.3 Å². The number of pyridine rings is 1. The Hall–Kier alpha value is -3.59. The second-order valence-electron chi connectivity index (χ2n) is 6.59. The van der Waals surface area contributed by atoms with Crippen LogP contribution in [0.25, 0.3) is 11.4 Å². The van der Waals surface area contributed by atoms with Crippen molar-refractivity contribution in [3.8, 4) is 11.4 Å². The van der Waals surface area contributed by atoms with Gasteiger partial charge in [-0.05, 0) is 12.1 Å². The van der Waals surface area contributed by atoms with Crippen LogP contribution in [0.5, 0.6) is 0 Å². The Morgan fingerprint density at radius 2 is 2.00 bits per heavy atom. The van der Waals surface area contributed by atoms with E-state index in [4.69, 9.17) is 0 Å². The molecule has 0 spiro atoms. The minimum atomic E-state index is -0.354. The molecule has 144 valence electrons. The number of aromatic amines is 1. The largest absolute Gasteiger partial charge is 0.348 e. The Labute approximate surface area is 170 Å². The maximum absolute atomic E-state index is 13.1. The zero-order valence-corrected chi connectivity index (χ0v) is 16.1. The van der Waals surface area contributed by atoms with Crippen molar-refractivity contribution in [2.24, 2.45) is 0 Å². The van der Waals surface area contributed by atoms with Crippen LogP contribution >= 0.6 is 11.5 Å². The molecule has 0 radical (unpaired) electrons. The second kappa shape index (κ2) is 7.44. The van der Waals surface area contributed by atoms with Gasteiger partial charge in [0.1, 0.15) is 6.04 Å². The zero-order valence-electron chi connectivity index (χ0n) is 15.3. The molecule has 1 aliphatic heterocycles. The van der Waals surface area contributed by atoms with Gasteiger partial charge in [0.05, 0.1) is 17.7 Å². The summed E-state index contributed by atoms with van der Waals surface area (Å²) in [4.78, 5) is 31.4. The number of nitrogens with one attached hydrogen (secondary N) is 2. The Bertz CT molecular complexity index is 1130. The summed E-state index contributed by atoms with van der Waals surface area (Å²) < 4.78 is 4.36. The number of hydrogen-bond acceptors (Lipinski definition) is 6. The third-order valence-electron chi connectivity index (χ3n) is 4.83. The molecule has 9 heteroatoms. The predicted molar refractivity (Wildman–Crippen MR) is 109 cm³/mol. The molecule has 1 atom stereocenters. The van der Waals surface area contributed by atoms with Gasteiger partial charge >= 0.3 is 6.03 Å². The molecule has 3 aromatic heterocycles. The average Bonchev–Trinajstić information content (AvgIpc) is 3.43. The molecule has 1 aromatic carbocycles. The molecule has 4 heterocycles. The molecule has 2 N–H and O–H groups in total. The van der Waals surface area contributed by atoms with E-state index >= 15 is 0 Å². The number of H-pyrrole nitrogens is 1. The van der Waals surface area contributed by atoms with Gasteiger partial charge in [0.25, 0.3) is 0 Å². The third-order valence-corrected chi connectivity index (χ3v) is 5.46. The number of carbonyl (C=O) groups excluding carboxylic acids is 1. The van der Waals surface area contributed by atoms with Gasteiger partial charge in [-0.15, -0.1) is 0 Å². The quantitative estimate of drug-likeness (QED) is 0.545. The molecule has 4 aromatic rings. The topological polar surface area (TPSA) is 99.7 Å². The van der Waals surface area contributed by atoms with Gasteiger partial charge in [0, 0.05) is 42.0 Å². The fourth-order valence-electron chi connectivity index (χ4n) is 3.47. The number of rotatable bonds is 3. The molecule has 2 amide bonds. The number of fused-ring (bicyclic) bond motifs is 1. The van der Waals surface area contributed by atoms with Crippen LogP contribution in [-0.2, 0) is 6.42 Å². The number of benzene rings is 1. The van der Waals surface area contributed by atoms with Crippen LogP contribution in [0.2, 0.25) is 0 Å². The lowest BCUT2D eigenvalue weighted by Gasteiger charge is -2.34. The van der Waals surface area contributed by atoms with Gasteiger partial charge in [-0.1, -0.05) is 36.4 Å². The summed E-state index contributed by atoms with van der Waals surface area (Å²) in [5.41, 5.74) is 3.55. The highest BCUT2D eigenvalue weighted by Crippen LogP contribution is 2.33. The molecule has 0 unspecified atom stereocenters. The van der Waals surface area contributed by atoms with Crippen LogP contribution in [0, 0.1) is 0 Å². The van der Waals surface area contributed by atoms with Crippen LogP contribution in [0.1, 0.15) is 23.1 Å². The fraction of sp³-hybridized carbons (Fsp3) is 0.150. The monoisotopic (exact) mass is 403 g/mol. The van der Waals surface area contributed by atoms with E-state index in [-0.39, 0.29) is 12.1 Å². The van der Waals surface area contributed by atoms with E-state index in [1.807, 2.05) is 48.5 Å².